The average molecular weight is 379 g/mol. The standard InChI is InChI=1S/C20H23FN2O2.ClH/c1-15(14-25-18-8-3-2-4-9-18)20(24)23-11-10-22-13-19(23)16-6-5-7-17(21)12-16;/h2-9,12,15,19,22H,10-11,13-14H2,1H3;1H. The summed E-state index contributed by atoms with van der Waals surface area (Å²) in [4.78, 5) is 14.7. The molecule has 26 heavy (non-hydrogen) atoms. The number of hydrogen-bond acceptors (Lipinski definition) is 3. The van der Waals surface area contributed by atoms with Crippen LogP contribution in [0.3, 0.4) is 0 Å². The van der Waals surface area contributed by atoms with Crippen LogP contribution < -0.4 is 10.1 Å². The van der Waals surface area contributed by atoms with E-state index in [-0.39, 0.29) is 36.1 Å². The first-order chi connectivity index (χ1) is 12.1. The molecule has 1 heterocycles. The van der Waals surface area contributed by atoms with Gasteiger partial charge < -0.3 is 15.0 Å². The van der Waals surface area contributed by atoms with E-state index in [4.69, 9.17) is 4.74 Å². The zero-order valence-corrected chi connectivity index (χ0v) is 15.5. The Balaban J connectivity index is 0.00000243. The van der Waals surface area contributed by atoms with E-state index in [1.54, 1.807) is 6.07 Å². The number of amides is 1. The van der Waals surface area contributed by atoms with Crippen LogP contribution in [0.2, 0.25) is 0 Å². The molecule has 0 aliphatic carbocycles. The van der Waals surface area contributed by atoms with Gasteiger partial charge in [-0.15, -0.1) is 12.4 Å². The van der Waals surface area contributed by atoms with Crippen molar-refractivity contribution in [2.45, 2.75) is 13.0 Å². The van der Waals surface area contributed by atoms with Crippen LogP contribution in [0.25, 0.3) is 0 Å². The van der Waals surface area contributed by atoms with Crippen molar-refractivity contribution < 1.29 is 13.9 Å². The molecule has 0 aromatic heterocycles. The lowest BCUT2D eigenvalue weighted by atomic mass is 10.0. The molecular formula is C20H24ClFN2O2. The van der Waals surface area contributed by atoms with E-state index in [1.807, 2.05) is 48.2 Å². The number of carbonyl (C=O) groups is 1. The van der Waals surface area contributed by atoms with Crippen LogP contribution in [-0.2, 0) is 4.79 Å². The molecule has 2 aromatic rings. The second kappa shape index (κ2) is 9.55. The summed E-state index contributed by atoms with van der Waals surface area (Å²) in [6.45, 7) is 4.17. The van der Waals surface area contributed by atoms with Gasteiger partial charge in [-0.3, -0.25) is 4.79 Å². The van der Waals surface area contributed by atoms with Gasteiger partial charge in [0.2, 0.25) is 5.91 Å². The lowest BCUT2D eigenvalue weighted by Crippen LogP contribution is -2.50. The van der Waals surface area contributed by atoms with Gasteiger partial charge in [0.15, 0.2) is 0 Å². The number of para-hydroxylation sites is 1. The Morgan fingerprint density at radius 1 is 1.27 bits per heavy atom. The second-order valence-corrected chi connectivity index (χ2v) is 6.33. The van der Waals surface area contributed by atoms with Crippen molar-refractivity contribution in [3.63, 3.8) is 0 Å². The Bertz CT molecular complexity index is 714. The second-order valence-electron chi connectivity index (χ2n) is 6.33. The predicted molar refractivity (Wildman–Crippen MR) is 102 cm³/mol. The Labute approximate surface area is 159 Å². The molecule has 140 valence electrons. The van der Waals surface area contributed by atoms with Gasteiger partial charge in [0.1, 0.15) is 11.6 Å². The van der Waals surface area contributed by atoms with E-state index in [1.165, 1.54) is 12.1 Å². The molecule has 0 bridgehead atoms. The van der Waals surface area contributed by atoms with Crippen molar-refractivity contribution in [1.29, 1.82) is 0 Å². The van der Waals surface area contributed by atoms with Crippen LogP contribution >= 0.6 is 12.4 Å². The topological polar surface area (TPSA) is 41.6 Å². The van der Waals surface area contributed by atoms with Crippen LogP contribution in [-0.4, -0.2) is 37.0 Å². The number of hydrogen-bond donors (Lipinski definition) is 1. The molecule has 0 spiro atoms. The molecule has 2 unspecified atom stereocenters. The SMILES string of the molecule is CC(COc1ccccc1)C(=O)N1CCNCC1c1cccc(F)c1.Cl. The summed E-state index contributed by atoms with van der Waals surface area (Å²) in [6.07, 6.45) is 0. The molecule has 2 aromatic carbocycles. The zero-order chi connectivity index (χ0) is 17.6. The van der Waals surface area contributed by atoms with Crippen molar-refractivity contribution in [1.82, 2.24) is 10.2 Å². The fraction of sp³-hybridized carbons (Fsp3) is 0.350. The third-order valence-electron chi connectivity index (χ3n) is 4.42. The summed E-state index contributed by atoms with van der Waals surface area (Å²) in [6, 6.07) is 15.8. The lowest BCUT2D eigenvalue weighted by molar-refractivity contribution is -0.139. The normalized spacial score (nSPS) is 17.9. The first-order valence-electron chi connectivity index (χ1n) is 8.59. The number of halogens is 2. The minimum Gasteiger partial charge on any atom is -0.493 e. The van der Waals surface area contributed by atoms with E-state index in [9.17, 15) is 9.18 Å². The quantitative estimate of drug-likeness (QED) is 0.866. The van der Waals surface area contributed by atoms with Gasteiger partial charge in [-0.1, -0.05) is 37.3 Å². The molecule has 1 N–H and O–H groups in total. The van der Waals surface area contributed by atoms with Crippen molar-refractivity contribution in [3.8, 4) is 5.75 Å². The summed E-state index contributed by atoms with van der Waals surface area (Å²) in [5, 5.41) is 3.29. The first-order valence-corrected chi connectivity index (χ1v) is 8.59. The number of ether oxygens (including phenoxy) is 1. The highest BCUT2D eigenvalue weighted by Crippen LogP contribution is 2.25. The summed E-state index contributed by atoms with van der Waals surface area (Å²) in [7, 11) is 0. The maximum atomic E-state index is 13.6. The van der Waals surface area contributed by atoms with E-state index in [0.29, 0.717) is 19.7 Å². The average Bonchev–Trinajstić information content (AvgIpc) is 2.66. The molecule has 1 saturated heterocycles. The molecule has 1 aliphatic rings. The Hall–Kier alpha value is -2.11. The van der Waals surface area contributed by atoms with Crippen molar-refractivity contribution in [2.24, 2.45) is 5.92 Å². The summed E-state index contributed by atoms with van der Waals surface area (Å²) < 4.78 is 19.3. The number of carbonyl (C=O) groups excluding carboxylic acids is 1. The fourth-order valence-corrected chi connectivity index (χ4v) is 3.07. The van der Waals surface area contributed by atoms with Crippen LogP contribution in [0.4, 0.5) is 4.39 Å². The first kappa shape index (κ1) is 20.2. The largest absolute Gasteiger partial charge is 0.493 e. The summed E-state index contributed by atoms with van der Waals surface area (Å²) >= 11 is 0. The van der Waals surface area contributed by atoms with Gasteiger partial charge in [0.05, 0.1) is 18.6 Å². The smallest absolute Gasteiger partial charge is 0.229 e. The van der Waals surface area contributed by atoms with Gasteiger partial charge in [0.25, 0.3) is 0 Å². The molecule has 1 amide bonds. The number of piperazine rings is 1. The van der Waals surface area contributed by atoms with Crippen molar-refractivity contribution >= 4 is 18.3 Å². The number of nitrogens with zero attached hydrogens (tertiary/aromatic N) is 1. The summed E-state index contributed by atoms with van der Waals surface area (Å²) in [5.41, 5.74) is 0.816. The Kier molecular flexibility index (Phi) is 7.42. The monoisotopic (exact) mass is 378 g/mol. The molecular weight excluding hydrogens is 355 g/mol. The molecule has 1 fully saturated rings. The van der Waals surface area contributed by atoms with E-state index in [0.717, 1.165) is 17.9 Å². The highest BCUT2D eigenvalue weighted by atomic mass is 35.5. The van der Waals surface area contributed by atoms with Crippen molar-refractivity contribution in [2.75, 3.05) is 26.2 Å². The molecule has 0 saturated carbocycles. The zero-order valence-electron chi connectivity index (χ0n) is 14.7. The molecule has 1 aliphatic heterocycles. The van der Waals surface area contributed by atoms with Crippen LogP contribution in [0.15, 0.2) is 54.6 Å². The molecule has 6 heteroatoms. The Morgan fingerprint density at radius 3 is 2.77 bits per heavy atom. The molecule has 4 nitrogen and oxygen atoms in total. The lowest BCUT2D eigenvalue weighted by Gasteiger charge is -2.38. The van der Waals surface area contributed by atoms with Gasteiger partial charge in [-0.05, 0) is 29.8 Å². The molecule has 3 rings (SSSR count). The number of nitrogens with one attached hydrogen (secondary N) is 1. The third-order valence-corrected chi connectivity index (χ3v) is 4.42. The maximum Gasteiger partial charge on any atom is 0.229 e. The van der Waals surface area contributed by atoms with Gasteiger partial charge in [-0.2, -0.15) is 0 Å². The predicted octanol–water partition coefficient (Wildman–Crippen LogP) is 3.44. The number of rotatable bonds is 5. The van der Waals surface area contributed by atoms with Crippen molar-refractivity contribution in [3.05, 3.63) is 66.0 Å². The highest BCUT2D eigenvalue weighted by molar-refractivity contribution is 5.85. The highest BCUT2D eigenvalue weighted by Gasteiger charge is 2.31. The van der Waals surface area contributed by atoms with E-state index in [2.05, 4.69) is 5.32 Å². The van der Waals surface area contributed by atoms with Crippen LogP contribution in [0.1, 0.15) is 18.5 Å². The minimum atomic E-state index is -0.282. The third kappa shape index (κ3) is 4.96. The Morgan fingerprint density at radius 2 is 2.04 bits per heavy atom. The maximum absolute atomic E-state index is 13.6. The number of benzene rings is 2. The van der Waals surface area contributed by atoms with E-state index < -0.39 is 0 Å². The minimum absolute atomic E-state index is 0. The van der Waals surface area contributed by atoms with E-state index >= 15 is 0 Å². The molecule has 0 radical (unpaired) electrons. The fourth-order valence-electron chi connectivity index (χ4n) is 3.07. The van der Waals surface area contributed by atoms with Gasteiger partial charge >= 0.3 is 0 Å². The van der Waals surface area contributed by atoms with Crippen LogP contribution in [0.5, 0.6) is 5.75 Å². The van der Waals surface area contributed by atoms with Gasteiger partial charge in [-0.25, -0.2) is 4.39 Å². The van der Waals surface area contributed by atoms with Crippen LogP contribution in [0, 0.1) is 11.7 Å². The molecule has 2 atom stereocenters. The summed E-state index contributed by atoms with van der Waals surface area (Å²) in [5.74, 6) is 0.237. The van der Waals surface area contributed by atoms with Gasteiger partial charge in [0, 0.05) is 19.6 Å².